The van der Waals surface area contributed by atoms with Gasteiger partial charge in [-0.2, -0.15) is 18.4 Å². The summed E-state index contributed by atoms with van der Waals surface area (Å²) in [4.78, 5) is 30.6. The fourth-order valence-corrected chi connectivity index (χ4v) is 6.49. The summed E-state index contributed by atoms with van der Waals surface area (Å²) in [6.45, 7) is 7.94. The lowest BCUT2D eigenvalue weighted by Crippen LogP contribution is -2.66. The first-order chi connectivity index (χ1) is 20.0. The quantitative estimate of drug-likeness (QED) is 0.365. The summed E-state index contributed by atoms with van der Waals surface area (Å²) in [5, 5.41) is 16.3. The summed E-state index contributed by atoms with van der Waals surface area (Å²) < 4.78 is 48.2. The van der Waals surface area contributed by atoms with Crippen LogP contribution in [-0.2, 0) is 22.3 Å². The molecule has 1 aromatic heterocycles. The number of H-pyrrole nitrogens is 1. The van der Waals surface area contributed by atoms with Crippen molar-refractivity contribution in [2.45, 2.75) is 25.7 Å². The van der Waals surface area contributed by atoms with Crippen molar-refractivity contribution in [1.29, 1.82) is 5.26 Å². The van der Waals surface area contributed by atoms with Crippen molar-refractivity contribution in [3.05, 3.63) is 86.5 Å². The van der Waals surface area contributed by atoms with Gasteiger partial charge in [-0.15, -0.1) is 5.10 Å². The highest BCUT2D eigenvalue weighted by Crippen LogP contribution is 2.44. The van der Waals surface area contributed by atoms with E-state index in [0.717, 1.165) is 61.4 Å². The number of nitriles is 1. The van der Waals surface area contributed by atoms with Gasteiger partial charge in [-0.25, -0.2) is 19.3 Å². The molecule has 3 fully saturated rings. The monoisotopic (exact) mass is 580 g/mol. The van der Waals surface area contributed by atoms with Crippen LogP contribution in [0.2, 0.25) is 0 Å². The van der Waals surface area contributed by atoms with Crippen LogP contribution < -0.4 is 10.6 Å². The van der Waals surface area contributed by atoms with Crippen LogP contribution in [0.4, 0.5) is 24.8 Å². The molecule has 4 aliphatic heterocycles. The van der Waals surface area contributed by atoms with Gasteiger partial charge in [0.2, 0.25) is 5.95 Å². The molecule has 0 unspecified atom stereocenters. The van der Waals surface area contributed by atoms with Crippen molar-refractivity contribution in [1.82, 2.24) is 19.7 Å². The number of aromatic nitrogens is 3. The SMILES string of the molecule is COC(=O)C1=C(C)N(c2cccc(C(F)(F)F)c2)c2n[nH]c(=O)n2[C@@H]1c1ccc(C#N)cc1C[N+]12CCN(CC1)CC2. The molecule has 2 bridgehead atoms. The van der Waals surface area contributed by atoms with E-state index in [1.807, 2.05) is 0 Å². The molecular weight excluding hydrogens is 551 g/mol. The average molecular weight is 581 g/mol. The Morgan fingerprint density at radius 2 is 1.88 bits per heavy atom. The van der Waals surface area contributed by atoms with Gasteiger partial charge in [-0.3, -0.25) is 9.80 Å². The van der Waals surface area contributed by atoms with E-state index < -0.39 is 29.4 Å². The van der Waals surface area contributed by atoms with E-state index in [0.29, 0.717) is 17.7 Å². The molecule has 0 amide bonds. The number of nitrogens with one attached hydrogen (secondary N) is 1. The number of esters is 1. The molecule has 7 rings (SSSR count). The third kappa shape index (κ3) is 4.56. The van der Waals surface area contributed by atoms with Gasteiger partial charge in [0.05, 0.1) is 49.5 Å². The number of ether oxygens (including phenoxy) is 1. The van der Waals surface area contributed by atoms with E-state index in [1.54, 1.807) is 25.1 Å². The van der Waals surface area contributed by atoms with Crippen LogP contribution in [-0.4, -0.2) is 76.5 Å². The lowest BCUT2D eigenvalue weighted by molar-refractivity contribution is -0.953. The first kappa shape index (κ1) is 27.7. The molecule has 0 aliphatic carbocycles. The highest BCUT2D eigenvalue weighted by atomic mass is 19.4. The number of hydrogen-bond donors (Lipinski definition) is 1. The molecule has 1 atom stereocenters. The molecule has 4 aliphatic rings. The minimum Gasteiger partial charge on any atom is -0.466 e. The number of aromatic amines is 1. The summed E-state index contributed by atoms with van der Waals surface area (Å²) >= 11 is 0. The van der Waals surface area contributed by atoms with Gasteiger partial charge >= 0.3 is 17.8 Å². The number of carbonyl (C=O) groups excluding carboxylic acids is 1. The maximum absolute atomic E-state index is 13.6. The Morgan fingerprint density at radius 1 is 1.17 bits per heavy atom. The van der Waals surface area contributed by atoms with Crippen LogP contribution >= 0.6 is 0 Å². The zero-order valence-corrected chi connectivity index (χ0v) is 23.1. The number of hydrogen-bond acceptors (Lipinski definition) is 7. The normalized spacial score (nSPS) is 23.5. The molecule has 3 saturated heterocycles. The molecule has 3 aromatic rings. The number of anilines is 2. The van der Waals surface area contributed by atoms with Crippen molar-refractivity contribution >= 4 is 17.6 Å². The van der Waals surface area contributed by atoms with Crippen LogP contribution in [0.3, 0.4) is 0 Å². The lowest BCUT2D eigenvalue weighted by atomic mass is 9.89. The predicted molar refractivity (Wildman–Crippen MR) is 145 cm³/mol. The Bertz CT molecular complexity index is 1680. The molecule has 13 heteroatoms. The standard InChI is InChI=1S/C29H28F3N7O3/c1-18-24(26(40)42-2)25(23-7-6-19(16-33)14-20(23)17-39-11-8-36(9-12-39)10-13-39)38-27(34-35-28(38)41)37(18)22-5-3-4-21(15-22)29(30,31)32/h3-7,14-15,25H,8-13,17H2,1-2H3/p+1/t25-/m1/s1. The smallest absolute Gasteiger partial charge is 0.416 e. The number of nitrogens with zero attached hydrogens (tertiary/aromatic N) is 6. The highest BCUT2D eigenvalue weighted by Gasteiger charge is 2.43. The first-order valence-electron chi connectivity index (χ1n) is 13.6. The minimum absolute atomic E-state index is 0.0309. The lowest BCUT2D eigenvalue weighted by Gasteiger charge is -2.51. The second kappa shape index (κ2) is 10.1. The van der Waals surface area contributed by atoms with E-state index in [9.17, 15) is 28.0 Å². The molecule has 1 N–H and O–H groups in total. The van der Waals surface area contributed by atoms with Gasteiger partial charge in [0.25, 0.3) is 0 Å². The van der Waals surface area contributed by atoms with Gasteiger partial charge < -0.3 is 9.22 Å². The van der Waals surface area contributed by atoms with Gasteiger partial charge in [0.15, 0.2) is 0 Å². The zero-order valence-electron chi connectivity index (χ0n) is 23.1. The Morgan fingerprint density at radius 3 is 2.52 bits per heavy atom. The summed E-state index contributed by atoms with van der Waals surface area (Å²) in [6, 6.07) is 11.0. The molecule has 218 valence electrons. The summed E-state index contributed by atoms with van der Waals surface area (Å²) in [5.41, 5.74) is 0.791. The fourth-order valence-electron chi connectivity index (χ4n) is 6.49. The number of halogens is 3. The van der Waals surface area contributed by atoms with E-state index in [1.165, 1.54) is 28.7 Å². The molecule has 0 saturated carbocycles. The second-order valence-corrected chi connectivity index (χ2v) is 11.0. The molecule has 5 heterocycles. The highest BCUT2D eigenvalue weighted by molar-refractivity contribution is 5.93. The molecular formula is C29H29F3N7O3+. The molecule has 0 radical (unpaired) electrons. The van der Waals surface area contributed by atoms with Crippen molar-refractivity contribution in [3.63, 3.8) is 0 Å². The van der Waals surface area contributed by atoms with E-state index in [-0.39, 0.29) is 22.9 Å². The minimum atomic E-state index is -4.60. The number of carbonyl (C=O) groups is 1. The second-order valence-electron chi connectivity index (χ2n) is 11.0. The van der Waals surface area contributed by atoms with Crippen LogP contribution in [0.5, 0.6) is 0 Å². The first-order valence-corrected chi connectivity index (χ1v) is 13.6. The Hall–Kier alpha value is -4.41. The number of piperazine rings is 3. The number of benzene rings is 2. The molecule has 2 aromatic carbocycles. The maximum atomic E-state index is 13.6. The van der Waals surface area contributed by atoms with E-state index in [4.69, 9.17) is 4.74 Å². The topological polar surface area (TPSA) is 107 Å². The largest absolute Gasteiger partial charge is 0.466 e. The van der Waals surface area contributed by atoms with Crippen LogP contribution in [0.1, 0.15) is 35.2 Å². The summed E-state index contributed by atoms with van der Waals surface area (Å²) in [7, 11) is 1.22. The summed E-state index contributed by atoms with van der Waals surface area (Å²) in [5.74, 6) is -0.703. The Balaban J connectivity index is 1.56. The number of allylic oxidation sites excluding steroid dienone is 1. The number of rotatable bonds is 5. The number of methoxy groups -OCH3 is 1. The zero-order chi connectivity index (χ0) is 29.8. The third-order valence-electron chi connectivity index (χ3n) is 8.72. The van der Waals surface area contributed by atoms with Gasteiger partial charge in [-0.05, 0) is 42.8 Å². The predicted octanol–water partition coefficient (Wildman–Crippen LogP) is 3.30. The van der Waals surface area contributed by atoms with Crippen molar-refractivity contribution in [3.8, 4) is 6.07 Å². The van der Waals surface area contributed by atoms with Crippen LogP contribution in [0, 0.1) is 11.3 Å². The van der Waals surface area contributed by atoms with E-state index >= 15 is 0 Å². The Labute approximate surface area is 239 Å². The molecule has 10 nitrogen and oxygen atoms in total. The van der Waals surface area contributed by atoms with Gasteiger partial charge in [0, 0.05) is 36.6 Å². The van der Waals surface area contributed by atoms with E-state index in [2.05, 4.69) is 21.2 Å². The number of alkyl halides is 3. The fraction of sp³-hybridized carbons (Fsp3) is 0.379. The molecule has 0 spiro atoms. The maximum Gasteiger partial charge on any atom is 0.416 e. The third-order valence-corrected chi connectivity index (χ3v) is 8.72. The van der Waals surface area contributed by atoms with Crippen LogP contribution in [0.25, 0.3) is 0 Å². The number of quaternary nitrogens is 1. The number of fused-ring (bicyclic) bond motifs is 4. The average Bonchev–Trinajstić information content (AvgIpc) is 3.37. The van der Waals surface area contributed by atoms with Gasteiger partial charge in [-0.1, -0.05) is 12.1 Å². The summed E-state index contributed by atoms with van der Waals surface area (Å²) in [6.07, 6.45) is -4.60. The van der Waals surface area contributed by atoms with Crippen molar-refractivity contribution < 1.29 is 27.2 Å². The van der Waals surface area contributed by atoms with Crippen LogP contribution in [0.15, 0.2) is 58.5 Å². The van der Waals surface area contributed by atoms with Crippen molar-refractivity contribution in [2.75, 3.05) is 51.3 Å². The Kier molecular flexibility index (Phi) is 6.70. The molecule has 42 heavy (non-hydrogen) atoms. The van der Waals surface area contributed by atoms with Crippen molar-refractivity contribution in [2.24, 2.45) is 0 Å². The van der Waals surface area contributed by atoms with Gasteiger partial charge in [0.1, 0.15) is 12.6 Å².